The van der Waals surface area contributed by atoms with E-state index < -0.39 is 18.2 Å². The third kappa shape index (κ3) is 4.48. The van der Waals surface area contributed by atoms with E-state index in [-0.39, 0.29) is 11.3 Å². The van der Waals surface area contributed by atoms with E-state index in [9.17, 15) is 17.6 Å². The van der Waals surface area contributed by atoms with Crippen molar-refractivity contribution in [1.82, 2.24) is 4.68 Å². The van der Waals surface area contributed by atoms with E-state index in [0.29, 0.717) is 22.6 Å². The van der Waals surface area contributed by atoms with E-state index >= 15 is 0 Å². The summed E-state index contributed by atoms with van der Waals surface area (Å²) in [5, 5.41) is 5.97. The SMILES string of the molecule is CCN=c1scc(-c2ccc(OC(F)F)cc2)n1/N=C/c1c(F)cccc1F. The van der Waals surface area contributed by atoms with Gasteiger partial charge in [0.15, 0.2) is 0 Å². The van der Waals surface area contributed by atoms with Crippen LogP contribution in [0.3, 0.4) is 0 Å². The molecule has 0 fully saturated rings. The van der Waals surface area contributed by atoms with Crippen molar-refractivity contribution in [3.05, 3.63) is 69.8 Å². The molecule has 9 heteroatoms. The van der Waals surface area contributed by atoms with Gasteiger partial charge in [-0.2, -0.15) is 13.9 Å². The second kappa shape index (κ2) is 8.83. The van der Waals surface area contributed by atoms with Gasteiger partial charge in [0.05, 0.1) is 17.5 Å². The molecule has 3 aromatic rings. The van der Waals surface area contributed by atoms with Crippen LogP contribution < -0.4 is 9.54 Å². The number of ether oxygens (including phenoxy) is 1. The van der Waals surface area contributed by atoms with Gasteiger partial charge < -0.3 is 4.74 Å². The number of rotatable bonds is 6. The number of thiazole rings is 1. The molecule has 0 atom stereocenters. The number of hydrogen-bond acceptors (Lipinski definition) is 4. The van der Waals surface area contributed by atoms with Crippen molar-refractivity contribution in [2.24, 2.45) is 10.1 Å². The fourth-order valence-corrected chi connectivity index (χ4v) is 3.31. The normalized spacial score (nSPS) is 12.3. The molecule has 4 nitrogen and oxygen atoms in total. The summed E-state index contributed by atoms with van der Waals surface area (Å²) in [5.41, 5.74) is 0.977. The fourth-order valence-electron chi connectivity index (χ4n) is 2.41. The molecule has 1 aromatic heterocycles. The first kappa shape index (κ1) is 19.8. The lowest BCUT2D eigenvalue weighted by Gasteiger charge is -2.07. The largest absolute Gasteiger partial charge is 0.435 e. The van der Waals surface area contributed by atoms with Gasteiger partial charge in [-0.05, 0) is 43.3 Å². The van der Waals surface area contributed by atoms with Crippen LogP contribution in [0.25, 0.3) is 11.3 Å². The fraction of sp³-hybridized carbons (Fsp3) is 0.158. The summed E-state index contributed by atoms with van der Waals surface area (Å²) in [5.74, 6) is -1.44. The summed E-state index contributed by atoms with van der Waals surface area (Å²) in [7, 11) is 0. The molecule has 0 radical (unpaired) electrons. The number of nitrogens with zero attached hydrogens (tertiary/aromatic N) is 3. The van der Waals surface area contributed by atoms with Crippen molar-refractivity contribution in [2.45, 2.75) is 13.5 Å². The van der Waals surface area contributed by atoms with Crippen LogP contribution in [0.15, 0.2) is 57.9 Å². The Labute approximate surface area is 162 Å². The molecule has 0 saturated carbocycles. The lowest BCUT2D eigenvalue weighted by Crippen LogP contribution is -2.12. The molecule has 0 aliphatic rings. The highest BCUT2D eigenvalue weighted by molar-refractivity contribution is 7.07. The monoisotopic (exact) mass is 409 g/mol. The minimum atomic E-state index is -2.91. The molecule has 0 saturated heterocycles. The van der Waals surface area contributed by atoms with E-state index in [1.165, 1.54) is 34.2 Å². The Kier molecular flexibility index (Phi) is 6.25. The molecular formula is C19H15F4N3OS. The quantitative estimate of drug-likeness (QED) is 0.422. The van der Waals surface area contributed by atoms with Gasteiger partial charge in [0.25, 0.3) is 0 Å². The predicted octanol–water partition coefficient (Wildman–Crippen LogP) is 4.90. The molecule has 0 aliphatic heterocycles. The van der Waals surface area contributed by atoms with Crippen molar-refractivity contribution in [1.29, 1.82) is 0 Å². The second-order valence-corrected chi connectivity index (χ2v) is 6.31. The van der Waals surface area contributed by atoms with E-state index in [4.69, 9.17) is 0 Å². The second-order valence-electron chi connectivity index (χ2n) is 5.47. The standard InChI is InChI=1S/C19H15F4N3OS/c1-2-24-19-26(25-10-14-15(20)4-3-5-16(14)21)17(11-28-19)12-6-8-13(9-7-12)27-18(22)23/h3-11,18H,2H2,1H3/b24-19?,25-10+. The highest BCUT2D eigenvalue weighted by atomic mass is 32.1. The van der Waals surface area contributed by atoms with E-state index in [2.05, 4.69) is 14.8 Å². The Morgan fingerprint density at radius 1 is 1.11 bits per heavy atom. The van der Waals surface area contributed by atoms with Crippen LogP contribution in [0.5, 0.6) is 5.75 Å². The molecule has 28 heavy (non-hydrogen) atoms. The Morgan fingerprint density at radius 2 is 1.79 bits per heavy atom. The smallest absolute Gasteiger partial charge is 0.387 e. The first-order valence-corrected chi connectivity index (χ1v) is 9.12. The minimum absolute atomic E-state index is 0.0240. The van der Waals surface area contributed by atoms with Gasteiger partial charge in [-0.1, -0.05) is 6.07 Å². The van der Waals surface area contributed by atoms with Crippen molar-refractivity contribution in [3.8, 4) is 17.0 Å². The summed E-state index contributed by atoms with van der Waals surface area (Å²) in [6.07, 6.45) is 1.09. The Hall–Kier alpha value is -2.94. The van der Waals surface area contributed by atoms with Crippen LogP contribution >= 0.6 is 11.3 Å². The van der Waals surface area contributed by atoms with Crippen molar-refractivity contribution < 1.29 is 22.3 Å². The van der Waals surface area contributed by atoms with Gasteiger partial charge in [0.1, 0.15) is 17.4 Å². The average molecular weight is 409 g/mol. The van der Waals surface area contributed by atoms with Gasteiger partial charge in [-0.15, -0.1) is 11.3 Å². The van der Waals surface area contributed by atoms with Crippen LogP contribution in [-0.2, 0) is 0 Å². The highest BCUT2D eigenvalue weighted by Gasteiger charge is 2.10. The van der Waals surface area contributed by atoms with Crippen LogP contribution in [0.1, 0.15) is 12.5 Å². The summed E-state index contributed by atoms with van der Waals surface area (Å²) in [6, 6.07) is 9.54. The number of alkyl halides is 2. The summed E-state index contributed by atoms with van der Waals surface area (Å²) in [4.78, 5) is 4.85. The highest BCUT2D eigenvalue weighted by Crippen LogP contribution is 2.24. The maximum atomic E-state index is 13.9. The lowest BCUT2D eigenvalue weighted by molar-refractivity contribution is -0.0498. The number of hydrogen-bond donors (Lipinski definition) is 0. The first-order chi connectivity index (χ1) is 13.5. The Bertz CT molecular complexity index is 1020. The third-order valence-corrected chi connectivity index (χ3v) is 4.51. The van der Waals surface area contributed by atoms with Crippen molar-refractivity contribution in [3.63, 3.8) is 0 Å². The summed E-state index contributed by atoms with van der Waals surface area (Å²) < 4.78 is 58.1. The maximum Gasteiger partial charge on any atom is 0.387 e. The molecule has 1 heterocycles. The molecule has 0 spiro atoms. The Morgan fingerprint density at radius 3 is 2.39 bits per heavy atom. The zero-order valence-electron chi connectivity index (χ0n) is 14.7. The minimum Gasteiger partial charge on any atom is -0.435 e. The molecule has 0 unspecified atom stereocenters. The van der Waals surface area contributed by atoms with E-state index in [1.54, 1.807) is 17.5 Å². The third-order valence-electron chi connectivity index (χ3n) is 3.66. The van der Waals surface area contributed by atoms with Crippen LogP contribution in [-0.4, -0.2) is 24.0 Å². The zero-order valence-corrected chi connectivity index (χ0v) is 15.5. The molecule has 3 rings (SSSR count). The van der Waals surface area contributed by atoms with Crippen LogP contribution in [0.2, 0.25) is 0 Å². The number of aromatic nitrogens is 1. The van der Waals surface area contributed by atoms with E-state index in [0.717, 1.165) is 18.3 Å². The predicted molar refractivity (Wildman–Crippen MR) is 99.8 cm³/mol. The molecular weight excluding hydrogens is 394 g/mol. The number of halogens is 4. The molecule has 0 N–H and O–H groups in total. The first-order valence-electron chi connectivity index (χ1n) is 8.24. The zero-order chi connectivity index (χ0) is 20.1. The van der Waals surface area contributed by atoms with E-state index in [1.807, 2.05) is 6.92 Å². The molecule has 146 valence electrons. The number of benzene rings is 2. The lowest BCUT2D eigenvalue weighted by atomic mass is 10.2. The summed E-state index contributed by atoms with van der Waals surface area (Å²) >= 11 is 1.30. The summed E-state index contributed by atoms with van der Waals surface area (Å²) in [6.45, 7) is -0.572. The van der Waals surface area contributed by atoms with Crippen molar-refractivity contribution in [2.75, 3.05) is 6.54 Å². The van der Waals surface area contributed by atoms with Crippen LogP contribution in [0.4, 0.5) is 17.6 Å². The molecule has 0 aliphatic carbocycles. The van der Waals surface area contributed by atoms with Gasteiger partial charge in [0, 0.05) is 17.5 Å². The van der Waals surface area contributed by atoms with Gasteiger partial charge >= 0.3 is 6.61 Å². The topological polar surface area (TPSA) is 38.9 Å². The van der Waals surface area contributed by atoms with Gasteiger partial charge in [0.2, 0.25) is 4.80 Å². The molecule has 2 aromatic carbocycles. The van der Waals surface area contributed by atoms with Crippen molar-refractivity contribution >= 4 is 17.6 Å². The van der Waals surface area contributed by atoms with Crippen LogP contribution in [0, 0.1) is 11.6 Å². The maximum absolute atomic E-state index is 13.9. The molecule has 0 amide bonds. The Balaban J connectivity index is 2.02. The van der Waals surface area contributed by atoms with Gasteiger partial charge in [-0.3, -0.25) is 4.99 Å². The average Bonchev–Trinajstić information content (AvgIpc) is 3.04. The van der Waals surface area contributed by atoms with Gasteiger partial charge in [-0.25, -0.2) is 13.5 Å². The molecule has 0 bridgehead atoms.